The number of halogens is 2. The molecule has 0 amide bonds. The van der Waals surface area contributed by atoms with Crippen molar-refractivity contribution >= 4 is 65.1 Å². The highest BCUT2D eigenvalue weighted by atomic mass is 35.5. The van der Waals surface area contributed by atoms with Gasteiger partial charge in [0.2, 0.25) is 0 Å². The lowest BCUT2D eigenvalue weighted by molar-refractivity contribution is 0.689. The maximum absolute atomic E-state index is 6.09. The number of aliphatic imine (C=N–C) groups is 1. The highest BCUT2D eigenvalue weighted by molar-refractivity contribution is 7.99. The van der Waals surface area contributed by atoms with Crippen LogP contribution in [0.3, 0.4) is 0 Å². The quantitative estimate of drug-likeness (QED) is 0.420. The van der Waals surface area contributed by atoms with Crippen molar-refractivity contribution in [2.75, 3.05) is 37.3 Å². The van der Waals surface area contributed by atoms with E-state index >= 15 is 0 Å². The Morgan fingerprint density at radius 1 is 1.32 bits per heavy atom. The summed E-state index contributed by atoms with van der Waals surface area (Å²) in [4.78, 5) is 9.37. The highest BCUT2D eigenvalue weighted by Crippen LogP contribution is 2.37. The smallest absolute Gasteiger partial charge is 0.141 e. The number of hydrogen-bond acceptors (Lipinski definition) is 5. The van der Waals surface area contributed by atoms with Gasteiger partial charge >= 0.3 is 0 Å². The van der Waals surface area contributed by atoms with Gasteiger partial charge in [-0.3, -0.25) is 0 Å². The number of nitrogens with zero attached hydrogens (tertiary/aromatic N) is 2. The van der Waals surface area contributed by atoms with Crippen LogP contribution in [0.15, 0.2) is 45.6 Å². The molecule has 0 aliphatic carbocycles. The molecule has 3 rings (SSSR count). The van der Waals surface area contributed by atoms with Gasteiger partial charge < -0.3 is 16.0 Å². The summed E-state index contributed by atoms with van der Waals surface area (Å²) in [5, 5.41) is 5.23. The molecule has 8 heteroatoms. The fourth-order valence-corrected chi connectivity index (χ4v) is 4.34. The number of hydrogen-bond donors (Lipinski definition) is 2. The molecule has 25 heavy (non-hydrogen) atoms. The van der Waals surface area contributed by atoms with Crippen LogP contribution in [0.4, 0.5) is 11.4 Å². The predicted molar refractivity (Wildman–Crippen MR) is 117 cm³/mol. The standard InChI is InChI=1S/C17H22N4S2.2ClH/c1-19-7-3-8-21-9-11-23-16-12-13(5-6-14(16)21)20-17(18)15-4-2-10-22-15;;/h2,4-6,10,12,19H,3,7-9,11H2,1H3,(H2,18,20);2*1H. The number of nitrogens with two attached hydrogens (primary N) is 1. The van der Waals surface area contributed by atoms with Crippen LogP contribution in [0.25, 0.3) is 0 Å². The molecule has 0 radical (unpaired) electrons. The van der Waals surface area contributed by atoms with Crippen molar-refractivity contribution in [2.24, 2.45) is 10.7 Å². The van der Waals surface area contributed by atoms with E-state index in [2.05, 4.69) is 33.4 Å². The summed E-state index contributed by atoms with van der Waals surface area (Å²) >= 11 is 3.52. The average molecular weight is 419 g/mol. The number of thioether (sulfide) groups is 1. The minimum Gasteiger partial charge on any atom is -0.383 e. The molecular weight excluding hydrogens is 395 g/mol. The molecule has 3 N–H and O–H groups in total. The van der Waals surface area contributed by atoms with Gasteiger partial charge in [0.1, 0.15) is 5.84 Å². The molecule has 1 aromatic carbocycles. The molecule has 0 fully saturated rings. The molecule has 0 atom stereocenters. The molecule has 1 aliphatic heterocycles. The van der Waals surface area contributed by atoms with Crippen LogP contribution >= 0.6 is 47.9 Å². The molecule has 4 nitrogen and oxygen atoms in total. The van der Waals surface area contributed by atoms with E-state index in [4.69, 9.17) is 5.73 Å². The Balaban J connectivity index is 0.00000156. The zero-order chi connectivity index (χ0) is 16.1. The van der Waals surface area contributed by atoms with E-state index in [-0.39, 0.29) is 24.8 Å². The predicted octanol–water partition coefficient (Wildman–Crippen LogP) is 4.15. The lowest BCUT2D eigenvalue weighted by Crippen LogP contribution is -2.31. The first-order valence-corrected chi connectivity index (χ1v) is 9.69. The third-order valence-corrected chi connectivity index (χ3v) is 5.70. The Morgan fingerprint density at radius 3 is 2.88 bits per heavy atom. The fourth-order valence-electron chi connectivity index (χ4n) is 2.63. The Morgan fingerprint density at radius 2 is 2.16 bits per heavy atom. The molecule has 0 saturated heterocycles. The molecule has 2 heterocycles. The topological polar surface area (TPSA) is 53.6 Å². The van der Waals surface area contributed by atoms with E-state index in [1.54, 1.807) is 11.3 Å². The zero-order valence-electron chi connectivity index (χ0n) is 14.1. The van der Waals surface area contributed by atoms with Crippen LogP contribution in [0.2, 0.25) is 0 Å². The van der Waals surface area contributed by atoms with Crippen LogP contribution < -0.4 is 16.0 Å². The van der Waals surface area contributed by atoms with Gasteiger partial charge in [-0.15, -0.1) is 47.9 Å². The minimum atomic E-state index is 0. The van der Waals surface area contributed by atoms with Crippen molar-refractivity contribution in [2.45, 2.75) is 11.3 Å². The first-order chi connectivity index (χ1) is 11.3. The van der Waals surface area contributed by atoms with Gasteiger partial charge in [0.15, 0.2) is 0 Å². The van der Waals surface area contributed by atoms with E-state index < -0.39 is 0 Å². The molecule has 2 aromatic rings. The van der Waals surface area contributed by atoms with Crippen LogP contribution in [0.1, 0.15) is 11.3 Å². The Hall–Kier alpha value is -0.920. The number of benzene rings is 1. The van der Waals surface area contributed by atoms with Gasteiger partial charge in [0, 0.05) is 23.7 Å². The second-order valence-electron chi connectivity index (χ2n) is 5.42. The number of amidine groups is 1. The number of anilines is 1. The molecule has 0 unspecified atom stereocenters. The molecule has 0 spiro atoms. The van der Waals surface area contributed by atoms with Crippen molar-refractivity contribution in [3.8, 4) is 0 Å². The third kappa shape index (κ3) is 5.79. The number of thiophene rings is 1. The van der Waals surface area contributed by atoms with E-state index in [0.29, 0.717) is 5.84 Å². The lowest BCUT2D eigenvalue weighted by Gasteiger charge is -2.31. The van der Waals surface area contributed by atoms with E-state index in [1.807, 2.05) is 36.3 Å². The maximum atomic E-state index is 6.09. The van der Waals surface area contributed by atoms with E-state index in [9.17, 15) is 0 Å². The SMILES string of the molecule is CNCCCN1CCSc2cc(N=C(N)c3cccs3)ccc21.Cl.Cl. The summed E-state index contributed by atoms with van der Waals surface area (Å²) in [6, 6.07) is 10.4. The summed E-state index contributed by atoms with van der Waals surface area (Å²) in [5.41, 5.74) is 8.35. The van der Waals surface area contributed by atoms with Crippen molar-refractivity contribution in [1.29, 1.82) is 0 Å². The Kier molecular flexibility index (Phi) is 9.67. The highest BCUT2D eigenvalue weighted by Gasteiger charge is 2.17. The summed E-state index contributed by atoms with van der Waals surface area (Å²) in [5.74, 6) is 1.71. The van der Waals surface area contributed by atoms with Gasteiger partial charge in [-0.25, -0.2) is 4.99 Å². The van der Waals surface area contributed by atoms with Crippen molar-refractivity contribution < 1.29 is 0 Å². The van der Waals surface area contributed by atoms with E-state index in [0.717, 1.165) is 42.4 Å². The number of fused-ring (bicyclic) bond motifs is 1. The third-order valence-electron chi connectivity index (χ3n) is 3.78. The summed E-state index contributed by atoms with van der Waals surface area (Å²) in [7, 11) is 2.00. The second kappa shape index (κ2) is 10.9. The molecule has 0 saturated carbocycles. The molecule has 1 aliphatic rings. The van der Waals surface area contributed by atoms with Gasteiger partial charge in [-0.1, -0.05) is 6.07 Å². The van der Waals surface area contributed by atoms with Crippen molar-refractivity contribution in [3.63, 3.8) is 0 Å². The average Bonchev–Trinajstić information content (AvgIpc) is 3.09. The number of nitrogens with one attached hydrogen (secondary N) is 1. The first kappa shape index (κ1) is 22.1. The normalized spacial score (nSPS) is 13.6. The van der Waals surface area contributed by atoms with Crippen LogP contribution in [0, 0.1) is 0 Å². The summed E-state index contributed by atoms with van der Waals surface area (Å²) in [6.07, 6.45) is 1.16. The van der Waals surface area contributed by atoms with Crippen molar-refractivity contribution in [3.05, 3.63) is 40.6 Å². The Labute approximate surface area is 170 Å². The molecule has 0 bridgehead atoms. The fraction of sp³-hybridized carbons (Fsp3) is 0.353. The molecule has 1 aromatic heterocycles. The van der Waals surface area contributed by atoms with E-state index in [1.165, 1.54) is 10.6 Å². The Bertz CT molecular complexity index is 677. The van der Waals surface area contributed by atoms with Crippen LogP contribution in [0.5, 0.6) is 0 Å². The van der Waals surface area contributed by atoms with Gasteiger partial charge in [0.25, 0.3) is 0 Å². The monoisotopic (exact) mass is 418 g/mol. The largest absolute Gasteiger partial charge is 0.383 e. The van der Waals surface area contributed by atoms with Gasteiger partial charge in [-0.05, 0) is 49.7 Å². The van der Waals surface area contributed by atoms with Crippen LogP contribution in [-0.2, 0) is 0 Å². The lowest BCUT2D eigenvalue weighted by atomic mass is 10.2. The molecular formula is C17H24Cl2N4S2. The summed E-state index contributed by atoms with van der Waals surface area (Å²) < 4.78 is 0. The summed E-state index contributed by atoms with van der Waals surface area (Å²) in [6.45, 7) is 3.26. The van der Waals surface area contributed by atoms with Crippen molar-refractivity contribution in [1.82, 2.24) is 5.32 Å². The maximum Gasteiger partial charge on any atom is 0.141 e. The van der Waals surface area contributed by atoms with Gasteiger partial charge in [-0.2, -0.15) is 0 Å². The second-order valence-corrected chi connectivity index (χ2v) is 7.50. The number of rotatable bonds is 6. The first-order valence-electron chi connectivity index (χ1n) is 7.82. The van der Waals surface area contributed by atoms with Gasteiger partial charge in [0.05, 0.1) is 16.3 Å². The molecule has 138 valence electrons. The van der Waals surface area contributed by atoms with Crippen LogP contribution in [-0.4, -0.2) is 38.3 Å². The minimum absolute atomic E-state index is 0. The zero-order valence-corrected chi connectivity index (χ0v) is 17.4.